The van der Waals surface area contributed by atoms with Crippen LogP contribution in [-0.2, 0) is 0 Å². The number of halogens is 2. The fourth-order valence-electron chi connectivity index (χ4n) is 2.24. The van der Waals surface area contributed by atoms with Crippen molar-refractivity contribution in [2.45, 2.75) is 51.4 Å². The van der Waals surface area contributed by atoms with Crippen LogP contribution in [0.1, 0.15) is 51.4 Å². The highest BCUT2D eigenvalue weighted by Gasteiger charge is 1.96. The van der Waals surface area contributed by atoms with Crippen LogP contribution >= 0.6 is 41.0 Å². The zero-order chi connectivity index (χ0) is 15.9. The maximum absolute atomic E-state index is 5.61. The third-order valence-electron chi connectivity index (χ3n) is 3.49. The molecule has 0 aliphatic carbocycles. The highest BCUT2D eigenvalue weighted by Crippen LogP contribution is 2.13. The van der Waals surface area contributed by atoms with Crippen LogP contribution in [-0.4, -0.2) is 30.4 Å². The van der Waals surface area contributed by atoms with Crippen LogP contribution in [0.15, 0.2) is 22.8 Å². The Labute approximate surface area is 161 Å². The van der Waals surface area contributed by atoms with E-state index in [9.17, 15) is 0 Å². The minimum Gasteiger partial charge on any atom is -0.478 e. The van der Waals surface area contributed by atoms with Gasteiger partial charge in [0.15, 0.2) is 0 Å². The highest BCUT2D eigenvalue weighted by atomic mass is 79.9. The summed E-state index contributed by atoms with van der Waals surface area (Å²) in [6.45, 7) is 2.94. The zero-order valence-corrected chi connectivity index (χ0v) is 17.1. The lowest BCUT2D eigenvalue weighted by molar-refractivity contribution is 0.293. The summed E-state index contributed by atoms with van der Waals surface area (Å²) < 4.78 is 6.59. The number of unbranched alkanes of at least 4 members (excludes halogenated alkanes) is 7. The molecule has 1 rings (SSSR count). The summed E-state index contributed by atoms with van der Waals surface area (Å²) in [4.78, 5) is 4.19. The first-order valence-electron chi connectivity index (χ1n) is 8.39. The van der Waals surface area contributed by atoms with Crippen LogP contribution in [0.2, 0.25) is 0 Å². The predicted molar refractivity (Wildman–Crippen MR) is 108 cm³/mol. The molecule has 1 heterocycles. The number of pyridine rings is 1. The van der Waals surface area contributed by atoms with Crippen LogP contribution in [0.5, 0.6) is 5.88 Å². The second-order valence-corrected chi connectivity index (χ2v) is 6.83. The van der Waals surface area contributed by atoms with Gasteiger partial charge in [0.25, 0.3) is 0 Å². The molecule has 0 saturated carbocycles. The first-order chi connectivity index (χ1) is 10.8. The average Bonchev–Trinajstić information content (AvgIpc) is 2.53. The highest BCUT2D eigenvalue weighted by molar-refractivity contribution is 9.10. The number of hydrogen-bond acceptors (Lipinski definition) is 4. The van der Waals surface area contributed by atoms with E-state index in [4.69, 9.17) is 4.74 Å². The molecule has 0 amide bonds. The first-order valence-corrected chi connectivity index (χ1v) is 9.81. The van der Waals surface area contributed by atoms with E-state index in [-0.39, 0.29) is 12.4 Å². The Balaban J connectivity index is 0.00000484. The second kappa shape index (κ2) is 16.9. The third kappa shape index (κ3) is 14.1. The van der Waals surface area contributed by atoms with Crippen LogP contribution < -0.4 is 10.1 Å². The van der Waals surface area contributed by atoms with E-state index in [1.165, 1.54) is 44.9 Å². The topological polar surface area (TPSA) is 34.1 Å². The average molecular weight is 426 g/mol. The van der Waals surface area contributed by atoms with Gasteiger partial charge >= 0.3 is 0 Å². The van der Waals surface area contributed by atoms with Crippen molar-refractivity contribution >= 4 is 41.0 Å². The Morgan fingerprint density at radius 2 is 1.61 bits per heavy atom. The minimum absolute atomic E-state index is 0. The molecule has 6 heteroatoms. The van der Waals surface area contributed by atoms with E-state index in [0.29, 0.717) is 0 Å². The summed E-state index contributed by atoms with van der Waals surface area (Å²) in [5.41, 5.74) is 0. The quantitative estimate of drug-likeness (QED) is 0.314. The van der Waals surface area contributed by atoms with Crippen molar-refractivity contribution in [3.05, 3.63) is 22.8 Å². The standard InChI is InChI=1S/C17H29BrN2OS.ClH/c18-16-9-10-17(20-15-16)21-13-8-6-4-2-1-3-5-7-11-19-12-14-22;/h9-10,15,19,22H,1-8,11-14H2;1H. The summed E-state index contributed by atoms with van der Waals surface area (Å²) in [7, 11) is 0. The Morgan fingerprint density at radius 3 is 2.22 bits per heavy atom. The van der Waals surface area contributed by atoms with Crippen molar-refractivity contribution < 1.29 is 4.74 Å². The minimum atomic E-state index is 0. The number of nitrogens with zero attached hydrogens (tertiary/aromatic N) is 1. The SMILES string of the molecule is Cl.SCCNCCCCCCCCCCOc1ccc(Br)cn1. The second-order valence-electron chi connectivity index (χ2n) is 5.47. The number of nitrogens with one attached hydrogen (secondary N) is 1. The lowest BCUT2D eigenvalue weighted by Crippen LogP contribution is -2.17. The van der Waals surface area contributed by atoms with Crippen molar-refractivity contribution in [2.24, 2.45) is 0 Å². The fourth-order valence-corrected chi connectivity index (χ4v) is 2.63. The van der Waals surface area contributed by atoms with E-state index in [0.717, 1.165) is 42.2 Å². The summed E-state index contributed by atoms with van der Waals surface area (Å²) >= 11 is 7.54. The van der Waals surface area contributed by atoms with Gasteiger partial charge in [-0.1, -0.05) is 38.5 Å². The molecule has 0 aromatic carbocycles. The molecule has 0 bridgehead atoms. The molecular formula is C17H30BrClN2OS. The predicted octanol–water partition coefficient (Wildman–Crippen LogP) is 5.28. The van der Waals surface area contributed by atoms with Gasteiger partial charge in [0, 0.05) is 29.0 Å². The lowest BCUT2D eigenvalue weighted by Gasteiger charge is -2.05. The molecule has 0 spiro atoms. The molecule has 1 aromatic rings. The van der Waals surface area contributed by atoms with E-state index in [1.54, 1.807) is 6.20 Å². The van der Waals surface area contributed by atoms with Crippen molar-refractivity contribution in [2.75, 3.05) is 25.4 Å². The molecular weight excluding hydrogens is 396 g/mol. The Hall–Kier alpha value is 0.0300. The summed E-state index contributed by atoms with van der Waals surface area (Å²) in [6.07, 6.45) is 12.2. The largest absolute Gasteiger partial charge is 0.478 e. The molecule has 134 valence electrons. The fraction of sp³-hybridized carbons (Fsp3) is 0.706. The van der Waals surface area contributed by atoms with Crippen LogP contribution in [0.4, 0.5) is 0 Å². The Bertz CT molecular complexity index is 368. The first kappa shape index (κ1) is 23.0. The molecule has 23 heavy (non-hydrogen) atoms. The Kier molecular flexibility index (Phi) is 16.9. The van der Waals surface area contributed by atoms with E-state index in [2.05, 4.69) is 38.9 Å². The molecule has 0 fully saturated rings. The van der Waals surface area contributed by atoms with Gasteiger partial charge < -0.3 is 10.1 Å². The van der Waals surface area contributed by atoms with Crippen molar-refractivity contribution in [1.29, 1.82) is 0 Å². The van der Waals surface area contributed by atoms with Gasteiger partial charge in [0.05, 0.1) is 6.61 Å². The zero-order valence-electron chi connectivity index (χ0n) is 13.8. The molecule has 0 saturated heterocycles. The molecule has 3 nitrogen and oxygen atoms in total. The van der Waals surface area contributed by atoms with E-state index in [1.807, 2.05) is 12.1 Å². The monoisotopic (exact) mass is 424 g/mol. The summed E-state index contributed by atoms with van der Waals surface area (Å²) in [5, 5.41) is 3.38. The van der Waals surface area contributed by atoms with Gasteiger partial charge in [-0.3, -0.25) is 0 Å². The van der Waals surface area contributed by atoms with Gasteiger partial charge in [-0.2, -0.15) is 12.6 Å². The van der Waals surface area contributed by atoms with E-state index < -0.39 is 0 Å². The number of rotatable bonds is 14. The molecule has 0 radical (unpaired) electrons. The number of aromatic nitrogens is 1. The molecule has 0 aliphatic rings. The number of thiol groups is 1. The van der Waals surface area contributed by atoms with Gasteiger partial charge in [-0.15, -0.1) is 12.4 Å². The summed E-state index contributed by atoms with van der Waals surface area (Å²) in [6, 6.07) is 3.85. The van der Waals surface area contributed by atoms with Gasteiger partial charge in [0.1, 0.15) is 0 Å². The maximum atomic E-state index is 5.61. The third-order valence-corrected chi connectivity index (χ3v) is 4.18. The van der Waals surface area contributed by atoms with Gasteiger partial charge in [-0.05, 0) is 41.4 Å². The van der Waals surface area contributed by atoms with Crippen molar-refractivity contribution in [3.63, 3.8) is 0 Å². The van der Waals surface area contributed by atoms with E-state index >= 15 is 0 Å². The van der Waals surface area contributed by atoms with Crippen molar-refractivity contribution in [1.82, 2.24) is 10.3 Å². The van der Waals surface area contributed by atoms with Crippen LogP contribution in [0.3, 0.4) is 0 Å². The van der Waals surface area contributed by atoms with Crippen LogP contribution in [0.25, 0.3) is 0 Å². The molecule has 0 atom stereocenters. The van der Waals surface area contributed by atoms with Gasteiger partial charge in [-0.25, -0.2) is 4.98 Å². The van der Waals surface area contributed by atoms with Gasteiger partial charge in [0.2, 0.25) is 5.88 Å². The maximum Gasteiger partial charge on any atom is 0.213 e. The lowest BCUT2D eigenvalue weighted by atomic mass is 10.1. The normalized spacial score (nSPS) is 10.3. The Morgan fingerprint density at radius 1 is 0.957 bits per heavy atom. The molecule has 1 aromatic heterocycles. The number of hydrogen-bond donors (Lipinski definition) is 2. The molecule has 0 aliphatic heterocycles. The molecule has 1 N–H and O–H groups in total. The molecule has 0 unspecified atom stereocenters. The smallest absolute Gasteiger partial charge is 0.213 e. The summed E-state index contributed by atoms with van der Waals surface area (Å²) in [5.74, 6) is 1.65. The van der Waals surface area contributed by atoms with Crippen molar-refractivity contribution in [3.8, 4) is 5.88 Å². The van der Waals surface area contributed by atoms with Crippen LogP contribution in [0, 0.1) is 0 Å². The number of ether oxygens (including phenoxy) is 1.